The SMILES string of the molecule is CCCCCCCCCCCCCCCCCCNC(=O)OCC(C)OCC(C)C. The Hall–Kier alpha value is -0.770. The molecule has 0 aliphatic carbocycles. The molecule has 0 saturated heterocycles. The van der Waals surface area contributed by atoms with Crippen molar-refractivity contribution in [1.29, 1.82) is 0 Å². The molecule has 0 radical (unpaired) electrons. The lowest BCUT2D eigenvalue weighted by molar-refractivity contribution is 0.00438. The van der Waals surface area contributed by atoms with Gasteiger partial charge in [-0.2, -0.15) is 0 Å². The topological polar surface area (TPSA) is 47.6 Å². The molecule has 0 aromatic carbocycles. The van der Waals surface area contributed by atoms with E-state index in [2.05, 4.69) is 26.1 Å². The minimum atomic E-state index is -0.323. The highest BCUT2D eigenvalue weighted by molar-refractivity contribution is 5.67. The van der Waals surface area contributed by atoms with Crippen LogP contribution >= 0.6 is 0 Å². The second-order valence-corrected chi connectivity index (χ2v) is 9.37. The first-order valence-electron chi connectivity index (χ1n) is 13.1. The number of rotatable bonds is 22. The molecule has 0 aromatic rings. The lowest BCUT2D eigenvalue weighted by Crippen LogP contribution is -2.29. The minimum Gasteiger partial charge on any atom is -0.447 e. The molecular weight excluding hydrogens is 374 g/mol. The third-order valence-corrected chi connectivity index (χ3v) is 5.46. The Kier molecular flexibility index (Phi) is 22.3. The third kappa shape index (κ3) is 23.5. The van der Waals surface area contributed by atoms with E-state index in [1.807, 2.05) is 6.92 Å². The quantitative estimate of drug-likeness (QED) is 0.178. The van der Waals surface area contributed by atoms with E-state index in [9.17, 15) is 4.79 Å². The van der Waals surface area contributed by atoms with Gasteiger partial charge in [-0.25, -0.2) is 4.79 Å². The van der Waals surface area contributed by atoms with Crippen molar-refractivity contribution in [3.05, 3.63) is 0 Å². The third-order valence-electron chi connectivity index (χ3n) is 5.46. The number of amides is 1. The van der Waals surface area contributed by atoms with Gasteiger partial charge in [0, 0.05) is 13.2 Å². The zero-order valence-electron chi connectivity index (χ0n) is 20.8. The first-order valence-corrected chi connectivity index (χ1v) is 13.1. The van der Waals surface area contributed by atoms with Crippen LogP contribution in [0.25, 0.3) is 0 Å². The van der Waals surface area contributed by atoms with Gasteiger partial charge in [-0.15, -0.1) is 0 Å². The molecule has 0 rings (SSSR count). The van der Waals surface area contributed by atoms with Crippen molar-refractivity contribution in [3.8, 4) is 0 Å². The van der Waals surface area contributed by atoms with Crippen LogP contribution in [0.5, 0.6) is 0 Å². The number of unbranched alkanes of at least 4 members (excludes halogenated alkanes) is 15. The summed E-state index contributed by atoms with van der Waals surface area (Å²) in [6, 6.07) is 0. The van der Waals surface area contributed by atoms with Crippen LogP contribution in [0, 0.1) is 5.92 Å². The van der Waals surface area contributed by atoms with Gasteiger partial charge in [0.15, 0.2) is 0 Å². The van der Waals surface area contributed by atoms with E-state index in [0.29, 0.717) is 25.7 Å². The van der Waals surface area contributed by atoms with Crippen LogP contribution in [0.15, 0.2) is 0 Å². The van der Waals surface area contributed by atoms with Crippen molar-refractivity contribution in [3.63, 3.8) is 0 Å². The molecule has 1 unspecified atom stereocenters. The number of hydrogen-bond acceptors (Lipinski definition) is 3. The fraction of sp³-hybridized carbons (Fsp3) is 0.962. The highest BCUT2D eigenvalue weighted by Crippen LogP contribution is 2.13. The lowest BCUT2D eigenvalue weighted by atomic mass is 10.0. The molecule has 1 atom stereocenters. The average molecular weight is 428 g/mol. The summed E-state index contributed by atoms with van der Waals surface area (Å²) in [5.41, 5.74) is 0. The number of nitrogens with one attached hydrogen (secondary N) is 1. The van der Waals surface area contributed by atoms with E-state index < -0.39 is 0 Å². The van der Waals surface area contributed by atoms with Gasteiger partial charge in [0.1, 0.15) is 6.61 Å². The maximum absolute atomic E-state index is 11.7. The summed E-state index contributed by atoms with van der Waals surface area (Å²) >= 11 is 0. The van der Waals surface area contributed by atoms with E-state index in [4.69, 9.17) is 9.47 Å². The molecule has 180 valence electrons. The predicted molar refractivity (Wildman–Crippen MR) is 129 cm³/mol. The van der Waals surface area contributed by atoms with Gasteiger partial charge in [-0.05, 0) is 19.3 Å². The molecule has 4 heteroatoms. The van der Waals surface area contributed by atoms with Gasteiger partial charge >= 0.3 is 6.09 Å². The first-order chi connectivity index (χ1) is 14.6. The van der Waals surface area contributed by atoms with E-state index in [1.165, 1.54) is 96.3 Å². The zero-order valence-corrected chi connectivity index (χ0v) is 20.8. The fourth-order valence-electron chi connectivity index (χ4n) is 3.51. The van der Waals surface area contributed by atoms with Crippen LogP contribution in [0.4, 0.5) is 4.79 Å². The molecule has 4 nitrogen and oxygen atoms in total. The molecule has 0 aliphatic rings. The number of carbonyl (C=O) groups is 1. The lowest BCUT2D eigenvalue weighted by Gasteiger charge is -2.15. The van der Waals surface area contributed by atoms with Gasteiger partial charge in [-0.3, -0.25) is 0 Å². The normalized spacial score (nSPS) is 12.3. The molecule has 0 spiro atoms. The van der Waals surface area contributed by atoms with Crippen LogP contribution in [-0.2, 0) is 9.47 Å². The van der Waals surface area contributed by atoms with Crippen molar-refractivity contribution in [2.75, 3.05) is 19.8 Å². The predicted octanol–water partition coefficient (Wildman–Crippen LogP) is 8.04. The molecule has 1 amide bonds. The van der Waals surface area contributed by atoms with Crippen molar-refractivity contribution in [2.45, 2.75) is 137 Å². The Labute approximate surface area is 188 Å². The van der Waals surface area contributed by atoms with Gasteiger partial charge < -0.3 is 14.8 Å². The standard InChI is InChI=1S/C26H53NO3/c1-5-6-7-8-9-10-11-12-13-14-15-16-17-18-19-20-21-27-26(28)30-23-25(4)29-22-24(2)3/h24-25H,5-23H2,1-4H3,(H,27,28). The van der Waals surface area contributed by atoms with Gasteiger partial charge in [0.25, 0.3) is 0 Å². The van der Waals surface area contributed by atoms with Gasteiger partial charge in [0.05, 0.1) is 6.10 Å². The van der Waals surface area contributed by atoms with Crippen LogP contribution < -0.4 is 5.32 Å². The molecule has 0 aliphatic heterocycles. The number of alkyl carbamates (subject to hydrolysis) is 1. The molecule has 0 heterocycles. The second kappa shape index (κ2) is 22.9. The molecule has 1 N–H and O–H groups in total. The highest BCUT2D eigenvalue weighted by atomic mass is 16.6. The summed E-state index contributed by atoms with van der Waals surface area (Å²) in [6.45, 7) is 10.2. The Morgan fingerprint density at radius 2 is 1.10 bits per heavy atom. The maximum Gasteiger partial charge on any atom is 0.407 e. The molecule has 0 fully saturated rings. The first kappa shape index (κ1) is 29.2. The second-order valence-electron chi connectivity index (χ2n) is 9.37. The molecule has 0 bridgehead atoms. The maximum atomic E-state index is 11.7. The average Bonchev–Trinajstić information content (AvgIpc) is 2.72. The Bertz CT molecular complexity index is 360. The zero-order chi connectivity index (χ0) is 22.3. The van der Waals surface area contributed by atoms with E-state index in [1.54, 1.807) is 0 Å². The van der Waals surface area contributed by atoms with Crippen LogP contribution in [0.1, 0.15) is 130 Å². The van der Waals surface area contributed by atoms with Crippen molar-refractivity contribution >= 4 is 6.09 Å². The Morgan fingerprint density at radius 3 is 1.53 bits per heavy atom. The molecule has 30 heavy (non-hydrogen) atoms. The van der Waals surface area contributed by atoms with E-state index in [-0.39, 0.29) is 12.2 Å². The largest absolute Gasteiger partial charge is 0.447 e. The smallest absolute Gasteiger partial charge is 0.407 e. The van der Waals surface area contributed by atoms with Crippen molar-refractivity contribution in [1.82, 2.24) is 5.32 Å². The summed E-state index contributed by atoms with van der Waals surface area (Å²) in [6.07, 6.45) is 21.4. The number of ether oxygens (including phenoxy) is 2. The van der Waals surface area contributed by atoms with Crippen LogP contribution in [-0.4, -0.2) is 32.0 Å². The van der Waals surface area contributed by atoms with Gasteiger partial charge in [-0.1, -0.05) is 117 Å². The Morgan fingerprint density at radius 1 is 0.667 bits per heavy atom. The van der Waals surface area contributed by atoms with E-state index in [0.717, 1.165) is 6.42 Å². The summed E-state index contributed by atoms with van der Waals surface area (Å²) < 4.78 is 10.8. The number of hydrogen-bond donors (Lipinski definition) is 1. The monoisotopic (exact) mass is 427 g/mol. The van der Waals surface area contributed by atoms with Crippen molar-refractivity contribution < 1.29 is 14.3 Å². The van der Waals surface area contributed by atoms with Gasteiger partial charge in [0.2, 0.25) is 0 Å². The molecule has 0 saturated carbocycles. The summed E-state index contributed by atoms with van der Waals surface area (Å²) in [4.78, 5) is 11.7. The summed E-state index contributed by atoms with van der Waals surface area (Å²) in [7, 11) is 0. The van der Waals surface area contributed by atoms with Crippen molar-refractivity contribution in [2.24, 2.45) is 5.92 Å². The Balaban J connectivity index is 3.21. The molecular formula is C26H53NO3. The fourth-order valence-corrected chi connectivity index (χ4v) is 3.51. The summed E-state index contributed by atoms with van der Waals surface area (Å²) in [5, 5.41) is 2.84. The van der Waals surface area contributed by atoms with Crippen LogP contribution in [0.2, 0.25) is 0 Å². The van der Waals surface area contributed by atoms with E-state index >= 15 is 0 Å². The molecule has 0 aromatic heterocycles. The number of carbonyl (C=O) groups excluding carboxylic acids is 1. The minimum absolute atomic E-state index is 0.0475. The summed E-state index contributed by atoms with van der Waals surface area (Å²) in [5.74, 6) is 0.496. The highest BCUT2D eigenvalue weighted by Gasteiger charge is 2.07. The van der Waals surface area contributed by atoms with Crippen LogP contribution in [0.3, 0.4) is 0 Å².